The first-order chi connectivity index (χ1) is 10.7. The number of aliphatic carboxylic acids is 1. The molecule has 0 bridgehead atoms. The van der Waals surface area contributed by atoms with Crippen LogP contribution >= 0.6 is 0 Å². The van der Waals surface area contributed by atoms with Gasteiger partial charge in [0.2, 0.25) is 0 Å². The van der Waals surface area contributed by atoms with E-state index in [9.17, 15) is 14.7 Å². The summed E-state index contributed by atoms with van der Waals surface area (Å²) >= 11 is 0. The molecule has 23 heavy (non-hydrogen) atoms. The number of carbonyl (C=O) groups is 2. The zero-order chi connectivity index (χ0) is 17.4. The predicted molar refractivity (Wildman–Crippen MR) is 86.3 cm³/mol. The molecule has 1 fully saturated rings. The highest BCUT2D eigenvalue weighted by Gasteiger charge is 2.48. The van der Waals surface area contributed by atoms with Crippen LogP contribution in [-0.4, -0.2) is 44.9 Å². The number of likely N-dealkylation sites (tertiary alicyclic amines) is 1. The average molecular weight is 319 g/mol. The minimum absolute atomic E-state index is 0.0309. The SMILES string of the molecule is Cc1ncc(C(=O)N2CCC(C(=O)O)(C(C)C)C2)c(C(C)C)n1. The van der Waals surface area contributed by atoms with Crippen LogP contribution in [0.2, 0.25) is 0 Å². The van der Waals surface area contributed by atoms with E-state index in [0.717, 1.165) is 5.69 Å². The maximum Gasteiger partial charge on any atom is 0.311 e. The molecular formula is C17H25N3O3. The standard InChI is InChI=1S/C17H25N3O3/c1-10(2)14-13(8-18-12(5)19-14)15(21)20-7-6-17(9-20,11(3)4)16(22)23/h8,10-11H,6-7,9H2,1-5H3,(H,22,23). The number of nitrogens with zero attached hydrogens (tertiary/aromatic N) is 3. The maximum atomic E-state index is 12.9. The third kappa shape index (κ3) is 3.07. The van der Waals surface area contributed by atoms with Gasteiger partial charge >= 0.3 is 5.97 Å². The number of amides is 1. The Labute approximate surface area is 136 Å². The fourth-order valence-corrected chi connectivity index (χ4v) is 3.16. The monoisotopic (exact) mass is 319 g/mol. The second-order valence-corrected chi connectivity index (χ2v) is 6.96. The van der Waals surface area contributed by atoms with Gasteiger partial charge in [-0.15, -0.1) is 0 Å². The van der Waals surface area contributed by atoms with Crippen LogP contribution in [0.1, 0.15) is 61.9 Å². The predicted octanol–water partition coefficient (Wildman–Crippen LogP) is 2.48. The lowest BCUT2D eigenvalue weighted by Crippen LogP contribution is -2.40. The van der Waals surface area contributed by atoms with Crippen LogP contribution in [0, 0.1) is 18.3 Å². The smallest absolute Gasteiger partial charge is 0.311 e. The molecule has 126 valence electrons. The lowest BCUT2D eigenvalue weighted by atomic mass is 9.76. The van der Waals surface area contributed by atoms with E-state index in [1.54, 1.807) is 18.0 Å². The highest BCUT2D eigenvalue weighted by atomic mass is 16.4. The van der Waals surface area contributed by atoms with Gasteiger partial charge in [0.15, 0.2) is 0 Å². The van der Waals surface area contributed by atoms with Gasteiger partial charge in [0, 0.05) is 19.3 Å². The van der Waals surface area contributed by atoms with Crippen molar-refractivity contribution in [3.05, 3.63) is 23.3 Å². The van der Waals surface area contributed by atoms with E-state index in [-0.39, 0.29) is 24.3 Å². The number of carboxylic acids is 1. The van der Waals surface area contributed by atoms with Crippen molar-refractivity contribution < 1.29 is 14.7 Å². The minimum Gasteiger partial charge on any atom is -0.481 e. The molecule has 1 aromatic heterocycles. The molecule has 1 amide bonds. The molecule has 1 saturated heterocycles. The van der Waals surface area contributed by atoms with Crippen LogP contribution < -0.4 is 0 Å². The number of hydrogen-bond donors (Lipinski definition) is 1. The minimum atomic E-state index is -0.862. The van der Waals surface area contributed by atoms with Crippen LogP contribution in [0.5, 0.6) is 0 Å². The normalized spacial score (nSPS) is 21.3. The van der Waals surface area contributed by atoms with Crippen molar-refractivity contribution in [1.29, 1.82) is 0 Å². The van der Waals surface area contributed by atoms with Gasteiger partial charge in [0.1, 0.15) is 5.82 Å². The molecular weight excluding hydrogens is 294 g/mol. The lowest BCUT2D eigenvalue weighted by Gasteiger charge is -2.28. The summed E-state index contributed by atoms with van der Waals surface area (Å²) in [5, 5.41) is 9.62. The van der Waals surface area contributed by atoms with Gasteiger partial charge in [-0.3, -0.25) is 9.59 Å². The molecule has 0 aromatic carbocycles. The van der Waals surface area contributed by atoms with E-state index in [0.29, 0.717) is 24.4 Å². The Hall–Kier alpha value is -1.98. The summed E-state index contributed by atoms with van der Waals surface area (Å²) in [5.41, 5.74) is 0.342. The van der Waals surface area contributed by atoms with E-state index in [2.05, 4.69) is 9.97 Å². The van der Waals surface area contributed by atoms with Gasteiger partial charge in [-0.05, 0) is 25.2 Å². The molecule has 1 N–H and O–H groups in total. The summed E-state index contributed by atoms with van der Waals surface area (Å²) in [6.45, 7) is 10.3. The molecule has 1 aliphatic rings. The Kier molecular flexibility index (Phi) is 4.73. The molecule has 0 radical (unpaired) electrons. The third-order valence-electron chi connectivity index (χ3n) is 4.84. The van der Waals surface area contributed by atoms with Crippen molar-refractivity contribution in [2.24, 2.45) is 11.3 Å². The average Bonchev–Trinajstić information content (AvgIpc) is 2.93. The van der Waals surface area contributed by atoms with E-state index in [4.69, 9.17) is 0 Å². The van der Waals surface area contributed by atoms with Gasteiger partial charge in [-0.25, -0.2) is 9.97 Å². The van der Waals surface area contributed by atoms with Crippen molar-refractivity contribution in [3.8, 4) is 0 Å². The molecule has 6 nitrogen and oxygen atoms in total. The van der Waals surface area contributed by atoms with Gasteiger partial charge in [0.05, 0.1) is 16.7 Å². The van der Waals surface area contributed by atoms with Crippen molar-refractivity contribution in [2.75, 3.05) is 13.1 Å². The molecule has 0 spiro atoms. The molecule has 1 atom stereocenters. The zero-order valence-electron chi connectivity index (χ0n) is 14.5. The molecule has 2 heterocycles. The van der Waals surface area contributed by atoms with E-state index in [1.807, 2.05) is 27.7 Å². The first kappa shape index (κ1) is 17.4. The third-order valence-corrected chi connectivity index (χ3v) is 4.84. The molecule has 0 saturated carbocycles. The summed E-state index contributed by atoms with van der Waals surface area (Å²) < 4.78 is 0. The van der Waals surface area contributed by atoms with Crippen molar-refractivity contribution in [2.45, 2.75) is 47.0 Å². The van der Waals surface area contributed by atoms with Crippen LogP contribution in [-0.2, 0) is 4.79 Å². The zero-order valence-corrected chi connectivity index (χ0v) is 14.5. The highest BCUT2D eigenvalue weighted by molar-refractivity contribution is 5.96. The number of aromatic nitrogens is 2. The van der Waals surface area contributed by atoms with Crippen LogP contribution in [0.25, 0.3) is 0 Å². The molecule has 2 rings (SSSR count). The Morgan fingerprint density at radius 1 is 1.30 bits per heavy atom. The Morgan fingerprint density at radius 2 is 1.96 bits per heavy atom. The van der Waals surface area contributed by atoms with E-state index < -0.39 is 11.4 Å². The largest absolute Gasteiger partial charge is 0.481 e. The summed E-state index contributed by atoms with van der Waals surface area (Å²) in [7, 11) is 0. The Morgan fingerprint density at radius 3 is 2.43 bits per heavy atom. The molecule has 1 aromatic rings. The fraction of sp³-hybridized carbons (Fsp3) is 0.647. The van der Waals surface area contributed by atoms with Crippen LogP contribution in [0.4, 0.5) is 0 Å². The Balaban J connectivity index is 2.31. The first-order valence-corrected chi connectivity index (χ1v) is 8.05. The molecule has 1 unspecified atom stereocenters. The summed E-state index contributed by atoms with van der Waals surface area (Å²) in [4.78, 5) is 34.8. The molecule has 1 aliphatic heterocycles. The van der Waals surface area contributed by atoms with Gasteiger partial charge < -0.3 is 10.0 Å². The first-order valence-electron chi connectivity index (χ1n) is 8.05. The van der Waals surface area contributed by atoms with Crippen molar-refractivity contribution in [1.82, 2.24) is 14.9 Å². The quantitative estimate of drug-likeness (QED) is 0.921. The summed E-state index contributed by atoms with van der Waals surface area (Å²) in [6.07, 6.45) is 2.05. The van der Waals surface area contributed by atoms with Gasteiger partial charge in [-0.1, -0.05) is 27.7 Å². The topological polar surface area (TPSA) is 83.4 Å². The summed E-state index contributed by atoms with van der Waals surface area (Å²) in [6, 6.07) is 0. The maximum absolute atomic E-state index is 12.9. The van der Waals surface area contributed by atoms with Gasteiger partial charge in [-0.2, -0.15) is 0 Å². The molecule has 6 heteroatoms. The lowest BCUT2D eigenvalue weighted by molar-refractivity contribution is -0.150. The molecule has 0 aliphatic carbocycles. The van der Waals surface area contributed by atoms with Gasteiger partial charge in [0.25, 0.3) is 5.91 Å². The van der Waals surface area contributed by atoms with Crippen molar-refractivity contribution >= 4 is 11.9 Å². The Bertz CT molecular complexity index is 628. The highest BCUT2D eigenvalue weighted by Crippen LogP contribution is 2.38. The number of rotatable bonds is 4. The number of aryl methyl sites for hydroxylation is 1. The van der Waals surface area contributed by atoms with Crippen LogP contribution in [0.3, 0.4) is 0 Å². The second-order valence-electron chi connectivity index (χ2n) is 6.96. The number of carbonyl (C=O) groups excluding carboxylic acids is 1. The van der Waals surface area contributed by atoms with Crippen LogP contribution in [0.15, 0.2) is 6.20 Å². The fourth-order valence-electron chi connectivity index (χ4n) is 3.16. The number of carboxylic acid groups (broad SMARTS) is 1. The van der Waals surface area contributed by atoms with E-state index >= 15 is 0 Å². The second kappa shape index (κ2) is 6.26. The number of hydrogen-bond acceptors (Lipinski definition) is 4. The van der Waals surface area contributed by atoms with Crippen molar-refractivity contribution in [3.63, 3.8) is 0 Å². The van der Waals surface area contributed by atoms with E-state index in [1.165, 1.54) is 0 Å². The summed E-state index contributed by atoms with van der Waals surface area (Å²) in [5.74, 6) is -0.289.